The third kappa shape index (κ3) is 2.81. The summed E-state index contributed by atoms with van der Waals surface area (Å²) in [6.45, 7) is 0. The molecular formula is C21H16N4O2. The number of rotatable bonds is 1. The van der Waals surface area contributed by atoms with E-state index in [1.54, 1.807) is 18.2 Å². The van der Waals surface area contributed by atoms with E-state index in [1.807, 2.05) is 48.6 Å². The Hall–Kier alpha value is -3.67. The molecule has 6 nitrogen and oxygen atoms in total. The lowest BCUT2D eigenvalue weighted by atomic mass is 9.95. The molecule has 132 valence electrons. The second kappa shape index (κ2) is 5.67. The van der Waals surface area contributed by atoms with E-state index in [0.717, 1.165) is 33.5 Å². The maximum absolute atomic E-state index is 12.0. The zero-order valence-electron chi connectivity index (χ0n) is 14.3. The van der Waals surface area contributed by atoms with Crippen LogP contribution >= 0.6 is 0 Å². The van der Waals surface area contributed by atoms with Crippen LogP contribution in [0.1, 0.15) is 11.4 Å². The first kappa shape index (κ1) is 15.6. The summed E-state index contributed by atoms with van der Waals surface area (Å²) in [5.74, 6) is -0.970. The first-order chi connectivity index (χ1) is 13.1. The third-order valence-corrected chi connectivity index (χ3v) is 4.78. The molecule has 0 saturated carbocycles. The fourth-order valence-electron chi connectivity index (χ4n) is 3.47. The number of aromatic nitrogens is 2. The average Bonchev–Trinajstić information content (AvgIpc) is 3.39. The van der Waals surface area contributed by atoms with Gasteiger partial charge in [-0.15, -0.1) is 0 Å². The van der Waals surface area contributed by atoms with Gasteiger partial charge in [-0.1, -0.05) is 0 Å². The lowest BCUT2D eigenvalue weighted by Gasteiger charge is -2.18. The molecular weight excluding hydrogens is 340 g/mol. The molecule has 3 N–H and O–H groups in total. The van der Waals surface area contributed by atoms with Gasteiger partial charge in [-0.2, -0.15) is 0 Å². The summed E-state index contributed by atoms with van der Waals surface area (Å²) in [5, 5.41) is 11.7. The summed E-state index contributed by atoms with van der Waals surface area (Å²) < 4.78 is 0. The van der Waals surface area contributed by atoms with E-state index in [4.69, 9.17) is 0 Å². The Balaban J connectivity index is 1.70. The summed E-state index contributed by atoms with van der Waals surface area (Å²) >= 11 is 0. The predicted molar refractivity (Wildman–Crippen MR) is 104 cm³/mol. The number of allylic oxidation sites excluding steroid dienone is 4. The van der Waals surface area contributed by atoms with Crippen molar-refractivity contribution < 1.29 is 9.90 Å². The maximum Gasteiger partial charge on any atom is 0.336 e. The molecule has 1 atom stereocenters. The van der Waals surface area contributed by atoms with Crippen LogP contribution < -0.4 is 10.7 Å². The second-order valence-electron chi connectivity index (χ2n) is 6.81. The molecule has 0 aliphatic carbocycles. The molecule has 8 bridgehead atoms. The first-order valence-electron chi connectivity index (χ1n) is 8.65. The number of nitrogens with zero attached hydrogens (tertiary/aromatic N) is 2. The Morgan fingerprint density at radius 2 is 1.81 bits per heavy atom. The van der Waals surface area contributed by atoms with Gasteiger partial charge in [-0.05, 0) is 66.8 Å². The van der Waals surface area contributed by atoms with Crippen LogP contribution in [0.2, 0.25) is 0 Å². The lowest BCUT2D eigenvalue weighted by molar-refractivity contribution is -0.141. The second-order valence-corrected chi connectivity index (χ2v) is 6.81. The van der Waals surface area contributed by atoms with Gasteiger partial charge in [-0.3, -0.25) is 4.99 Å². The number of carboxylic acid groups (broad SMARTS) is 1. The van der Waals surface area contributed by atoms with Crippen molar-refractivity contribution in [1.82, 2.24) is 9.97 Å². The molecule has 2 aromatic heterocycles. The molecule has 0 radical (unpaired) electrons. The van der Waals surface area contributed by atoms with Crippen molar-refractivity contribution >= 4 is 29.5 Å². The molecule has 0 saturated heterocycles. The molecule has 5 heterocycles. The minimum atomic E-state index is -1.30. The van der Waals surface area contributed by atoms with E-state index in [-0.39, 0.29) is 6.42 Å². The summed E-state index contributed by atoms with van der Waals surface area (Å²) in [7, 11) is 0. The van der Waals surface area contributed by atoms with Crippen molar-refractivity contribution in [3.05, 3.63) is 82.4 Å². The van der Waals surface area contributed by atoms with Gasteiger partial charge >= 0.3 is 5.97 Å². The molecule has 6 heteroatoms. The highest BCUT2D eigenvalue weighted by molar-refractivity contribution is 6.20. The maximum atomic E-state index is 12.0. The quantitative estimate of drug-likeness (QED) is 0.717. The normalized spacial score (nSPS) is 27.0. The van der Waals surface area contributed by atoms with E-state index >= 15 is 0 Å². The molecule has 2 aromatic rings. The number of hydrogen-bond donors (Lipinski definition) is 3. The van der Waals surface area contributed by atoms with Crippen LogP contribution in [0.4, 0.5) is 0 Å². The largest absolute Gasteiger partial charge is 0.479 e. The molecule has 0 amide bonds. The van der Waals surface area contributed by atoms with E-state index in [9.17, 15) is 9.90 Å². The zero-order valence-corrected chi connectivity index (χ0v) is 14.3. The van der Waals surface area contributed by atoms with E-state index < -0.39 is 11.5 Å². The van der Waals surface area contributed by atoms with Gasteiger partial charge in [0.1, 0.15) is 0 Å². The zero-order chi connectivity index (χ0) is 18.4. The van der Waals surface area contributed by atoms with Gasteiger partial charge < -0.3 is 15.1 Å². The fraction of sp³-hybridized carbons (Fsp3) is 0.0952. The predicted octanol–water partition coefficient (Wildman–Crippen LogP) is 1.24. The van der Waals surface area contributed by atoms with Crippen LogP contribution in [0.3, 0.4) is 0 Å². The molecule has 0 spiro atoms. The van der Waals surface area contributed by atoms with E-state index in [0.29, 0.717) is 5.71 Å². The summed E-state index contributed by atoms with van der Waals surface area (Å²) in [6, 6.07) is 7.84. The highest BCUT2D eigenvalue weighted by Crippen LogP contribution is 2.26. The summed E-state index contributed by atoms with van der Waals surface area (Å²) in [4.78, 5) is 27.7. The lowest BCUT2D eigenvalue weighted by Crippen LogP contribution is -2.35. The minimum Gasteiger partial charge on any atom is -0.479 e. The summed E-state index contributed by atoms with van der Waals surface area (Å²) in [6.07, 6.45) is 13.2. The van der Waals surface area contributed by atoms with Gasteiger partial charge in [0.2, 0.25) is 0 Å². The van der Waals surface area contributed by atoms with Gasteiger partial charge in [-0.25, -0.2) is 9.79 Å². The van der Waals surface area contributed by atoms with Crippen LogP contribution in [0.15, 0.2) is 70.3 Å². The Bertz CT molecular complexity index is 1230. The van der Waals surface area contributed by atoms with Gasteiger partial charge in [0.05, 0.1) is 17.1 Å². The molecule has 0 fully saturated rings. The number of hydrogen-bond acceptors (Lipinski definition) is 3. The number of nitrogens with one attached hydrogen (secondary N) is 2. The highest BCUT2D eigenvalue weighted by Gasteiger charge is 2.39. The Kier molecular flexibility index (Phi) is 3.27. The summed E-state index contributed by atoms with van der Waals surface area (Å²) in [5.41, 5.74) is 2.60. The number of fused-ring (bicyclic) bond motifs is 6. The van der Waals surface area contributed by atoms with Crippen molar-refractivity contribution in [3.63, 3.8) is 0 Å². The Morgan fingerprint density at radius 1 is 0.963 bits per heavy atom. The Morgan fingerprint density at radius 3 is 2.67 bits per heavy atom. The topological polar surface area (TPSA) is 93.6 Å². The third-order valence-electron chi connectivity index (χ3n) is 4.78. The SMILES string of the molecule is O=C(O)C12C=CC(=N1)/C=C1/C=CC(=N1)/C=c1/cc/c([nH]1)=C/c1ccc([nH]1)C2. The Labute approximate surface area is 154 Å². The van der Waals surface area contributed by atoms with E-state index in [2.05, 4.69) is 20.0 Å². The average molecular weight is 356 g/mol. The number of aromatic amines is 2. The van der Waals surface area contributed by atoms with Crippen molar-refractivity contribution in [3.8, 4) is 0 Å². The van der Waals surface area contributed by atoms with Crippen LogP contribution in [0.5, 0.6) is 0 Å². The van der Waals surface area contributed by atoms with Crippen LogP contribution in [0, 0.1) is 0 Å². The number of carbonyl (C=O) groups is 1. The molecule has 5 rings (SSSR count). The monoisotopic (exact) mass is 356 g/mol. The fourth-order valence-corrected chi connectivity index (χ4v) is 3.47. The van der Waals surface area contributed by atoms with Crippen LogP contribution in [-0.4, -0.2) is 38.0 Å². The van der Waals surface area contributed by atoms with Crippen molar-refractivity contribution in [2.24, 2.45) is 9.98 Å². The first-order valence-corrected chi connectivity index (χ1v) is 8.65. The number of aliphatic imine (C=N–C) groups is 2. The van der Waals surface area contributed by atoms with Crippen molar-refractivity contribution in [2.45, 2.75) is 12.0 Å². The standard InChI is InChI=1S/C21H16N4O2/c26-20(27)21-8-7-18(25-21)11-17-4-3-14(23-17)9-13-1-2-15(22-13)10-16-5-6-19(12-21)24-16/h1-11,22,24H,12H2,(H,26,27)/b13-9-,15-10-,17-11-. The molecule has 3 aliphatic heterocycles. The van der Waals surface area contributed by atoms with Gasteiger partial charge in [0.25, 0.3) is 0 Å². The van der Waals surface area contributed by atoms with Crippen LogP contribution in [0.25, 0.3) is 12.2 Å². The van der Waals surface area contributed by atoms with Crippen molar-refractivity contribution in [2.75, 3.05) is 0 Å². The highest BCUT2D eigenvalue weighted by atomic mass is 16.4. The minimum absolute atomic E-state index is 0.257. The number of aliphatic carboxylic acids is 1. The van der Waals surface area contributed by atoms with Gasteiger partial charge in [0, 0.05) is 28.5 Å². The molecule has 27 heavy (non-hydrogen) atoms. The molecule has 0 aromatic carbocycles. The van der Waals surface area contributed by atoms with Crippen LogP contribution in [-0.2, 0) is 11.2 Å². The van der Waals surface area contributed by atoms with Gasteiger partial charge in [0.15, 0.2) is 5.54 Å². The van der Waals surface area contributed by atoms with Crippen molar-refractivity contribution in [1.29, 1.82) is 0 Å². The number of carboxylic acids is 1. The molecule has 3 aliphatic rings. The smallest absolute Gasteiger partial charge is 0.336 e. The number of H-pyrrole nitrogens is 2. The molecule has 1 unspecified atom stereocenters. The van der Waals surface area contributed by atoms with E-state index in [1.165, 1.54) is 0 Å².